The third-order valence-corrected chi connectivity index (χ3v) is 14.9. The number of hydrogen-bond acceptors (Lipinski definition) is 2. The maximum absolute atomic E-state index is 15.3. The van der Waals surface area contributed by atoms with Crippen LogP contribution in [0, 0.1) is 0 Å². The molecule has 0 aliphatic carbocycles. The maximum Gasteiger partial charge on any atom is 0.266 e. The minimum Gasteiger partial charge on any atom is -0.268 e. The molecule has 0 spiro atoms. The van der Waals surface area contributed by atoms with E-state index < -0.39 is 16.1 Å². The van der Waals surface area contributed by atoms with Crippen LogP contribution in [0.25, 0.3) is 81.4 Å². The second-order valence-corrected chi connectivity index (χ2v) is 26.0. The molecule has 8 aromatic carbocycles. The van der Waals surface area contributed by atoms with Crippen molar-refractivity contribution < 1.29 is 0 Å². The van der Waals surface area contributed by atoms with Gasteiger partial charge in [0.25, 0.3) is 11.1 Å². The number of nitrogens with zero attached hydrogens (tertiary/aromatic N) is 1. The van der Waals surface area contributed by atoms with Gasteiger partial charge in [-0.2, -0.15) is 0 Å². The van der Waals surface area contributed by atoms with Crippen LogP contribution in [0.3, 0.4) is 0 Å². The quantitative estimate of drug-likeness (QED) is 0.132. The van der Waals surface area contributed by atoms with E-state index in [-0.39, 0.29) is 11.1 Å². The standard InChI is InChI=1S/C43H39NO2Si2/c1-8-13-26-16-12-17-27(24-14-10-9-11-15-24)41(26)44-42(45)39-30-22-32(47(2,3)4)28-20-18-25-19-21-29-33(48(5,6)7)23-31(40(39)43(44)46)38-36(29)34(25)35(28)37(30)38/h9-12,14-23H,8,13H2,1-7H3. The van der Waals surface area contributed by atoms with Crippen molar-refractivity contribution >= 4 is 91.2 Å². The molecule has 0 atom stereocenters. The van der Waals surface area contributed by atoms with Gasteiger partial charge in [0, 0.05) is 5.56 Å². The van der Waals surface area contributed by atoms with Crippen molar-refractivity contribution in [2.75, 3.05) is 0 Å². The van der Waals surface area contributed by atoms with Gasteiger partial charge in [-0.3, -0.25) is 9.59 Å². The molecule has 0 bridgehead atoms. The number of hydrogen-bond donors (Lipinski definition) is 0. The number of fused-ring (bicyclic) bond motifs is 3. The Hall–Kier alpha value is -4.59. The first-order valence-corrected chi connectivity index (χ1v) is 24.3. The smallest absolute Gasteiger partial charge is 0.266 e. The number of rotatable bonds is 6. The molecule has 0 unspecified atom stereocenters. The summed E-state index contributed by atoms with van der Waals surface area (Å²) in [6, 6.07) is 30.2. The van der Waals surface area contributed by atoms with E-state index in [9.17, 15) is 0 Å². The zero-order valence-corrected chi connectivity index (χ0v) is 30.8. The van der Waals surface area contributed by atoms with Crippen molar-refractivity contribution in [2.24, 2.45) is 0 Å². The Labute approximate surface area is 281 Å². The molecule has 0 radical (unpaired) electrons. The molecule has 0 N–H and O–H groups in total. The predicted molar refractivity (Wildman–Crippen MR) is 213 cm³/mol. The summed E-state index contributed by atoms with van der Waals surface area (Å²) in [6.07, 6.45) is 1.69. The van der Waals surface area contributed by atoms with Crippen LogP contribution in [0.1, 0.15) is 18.9 Å². The van der Waals surface area contributed by atoms with Crippen LogP contribution in [-0.4, -0.2) is 20.7 Å². The fourth-order valence-electron chi connectivity index (χ4n) is 8.81. The highest BCUT2D eigenvalue weighted by molar-refractivity contribution is 6.91. The molecule has 48 heavy (non-hydrogen) atoms. The number of benzene rings is 7. The van der Waals surface area contributed by atoms with Gasteiger partial charge in [0.05, 0.1) is 32.6 Å². The van der Waals surface area contributed by atoms with Crippen molar-refractivity contribution in [1.82, 2.24) is 4.57 Å². The lowest BCUT2D eigenvalue weighted by atomic mass is 9.95. The minimum atomic E-state index is -1.88. The number of aryl methyl sites for hydroxylation is 1. The molecule has 5 heteroatoms. The summed E-state index contributed by atoms with van der Waals surface area (Å²) in [5.41, 5.74) is 3.29. The Kier molecular flexibility index (Phi) is 6.00. The average Bonchev–Trinajstić information content (AvgIpc) is 3.55. The predicted octanol–water partition coefficient (Wildman–Crippen LogP) is 9.58. The molecule has 9 rings (SSSR count). The first-order valence-electron chi connectivity index (χ1n) is 17.3. The van der Waals surface area contributed by atoms with Crippen LogP contribution < -0.4 is 21.5 Å². The lowest BCUT2D eigenvalue weighted by Gasteiger charge is -2.21. The van der Waals surface area contributed by atoms with E-state index in [0.29, 0.717) is 10.8 Å². The first-order chi connectivity index (χ1) is 22.9. The number of para-hydroxylation sites is 1. The van der Waals surface area contributed by atoms with Crippen molar-refractivity contribution in [1.29, 1.82) is 0 Å². The zero-order valence-electron chi connectivity index (χ0n) is 28.8. The average molecular weight is 658 g/mol. The first kappa shape index (κ1) is 29.5. The largest absolute Gasteiger partial charge is 0.268 e. The molecule has 0 fully saturated rings. The van der Waals surface area contributed by atoms with E-state index in [0.717, 1.165) is 56.8 Å². The molecule has 0 saturated heterocycles. The molecule has 3 nitrogen and oxygen atoms in total. The molecule has 0 amide bonds. The Morgan fingerprint density at radius 3 is 1.56 bits per heavy atom. The zero-order chi connectivity index (χ0) is 33.4. The third-order valence-electron chi connectivity index (χ3n) is 10.8. The van der Waals surface area contributed by atoms with Crippen LogP contribution in [0.2, 0.25) is 39.3 Å². The fourth-order valence-corrected chi connectivity index (χ4v) is 12.0. The summed E-state index contributed by atoms with van der Waals surface area (Å²) in [5, 5.41) is 15.8. The Balaban J connectivity index is 1.59. The maximum atomic E-state index is 15.3. The van der Waals surface area contributed by atoms with Gasteiger partial charge in [0.15, 0.2) is 0 Å². The molecule has 1 heterocycles. The van der Waals surface area contributed by atoms with Crippen molar-refractivity contribution in [2.45, 2.75) is 59.0 Å². The van der Waals surface area contributed by atoms with Crippen LogP contribution in [0.15, 0.2) is 94.5 Å². The Morgan fingerprint density at radius 1 is 0.542 bits per heavy atom. The summed E-state index contributed by atoms with van der Waals surface area (Å²) >= 11 is 0. The van der Waals surface area contributed by atoms with Gasteiger partial charge in [-0.15, -0.1) is 0 Å². The highest BCUT2D eigenvalue weighted by atomic mass is 28.3. The second kappa shape index (κ2) is 9.74. The van der Waals surface area contributed by atoms with Crippen LogP contribution >= 0.6 is 0 Å². The summed E-state index contributed by atoms with van der Waals surface area (Å²) in [7, 11) is -3.76. The summed E-state index contributed by atoms with van der Waals surface area (Å²) in [6.45, 7) is 16.5. The van der Waals surface area contributed by atoms with E-state index in [4.69, 9.17) is 0 Å². The molecule has 1 aromatic heterocycles. The molecule has 9 aromatic rings. The van der Waals surface area contributed by atoms with Gasteiger partial charge < -0.3 is 0 Å². The highest BCUT2D eigenvalue weighted by Crippen LogP contribution is 2.50. The monoisotopic (exact) mass is 657 g/mol. The molecular formula is C43H39NO2Si2. The normalized spacial score (nSPS) is 13.2. The van der Waals surface area contributed by atoms with E-state index in [1.807, 2.05) is 18.2 Å². The van der Waals surface area contributed by atoms with E-state index in [2.05, 4.69) is 113 Å². The van der Waals surface area contributed by atoms with Crippen molar-refractivity contribution in [3.05, 3.63) is 111 Å². The lowest BCUT2D eigenvalue weighted by molar-refractivity contribution is 0.887. The van der Waals surface area contributed by atoms with Gasteiger partial charge in [0.1, 0.15) is 0 Å². The van der Waals surface area contributed by atoms with Crippen molar-refractivity contribution in [3.8, 4) is 16.8 Å². The summed E-state index contributed by atoms with van der Waals surface area (Å²) < 4.78 is 1.54. The van der Waals surface area contributed by atoms with E-state index in [1.165, 1.54) is 42.7 Å². The topological polar surface area (TPSA) is 39.1 Å². The highest BCUT2D eigenvalue weighted by Gasteiger charge is 2.33. The van der Waals surface area contributed by atoms with E-state index in [1.54, 1.807) is 4.57 Å². The van der Waals surface area contributed by atoms with Gasteiger partial charge >= 0.3 is 0 Å². The minimum absolute atomic E-state index is 0.198. The third kappa shape index (κ3) is 3.74. The molecule has 0 aliphatic heterocycles. The Morgan fingerprint density at radius 2 is 1.06 bits per heavy atom. The summed E-state index contributed by atoms with van der Waals surface area (Å²) in [4.78, 5) is 30.5. The fraction of sp³-hybridized carbons (Fsp3) is 0.209. The van der Waals surface area contributed by atoms with E-state index >= 15 is 9.59 Å². The molecule has 0 aliphatic rings. The van der Waals surface area contributed by atoms with Crippen molar-refractivity contribution in [3.63, 3.8) is 0 Å². The molecule has 0 saturated carbocycles. The van der Waals surface area contributed by atoms with Gasteiger partial charge in [-0.1, -0.05) is 148 Å². The van der Waals surface area contributed by atoms with Crippen LogP contribution in [-0.2, 0) is 6.42 Å². The van der Waals surface area contributed by atoms with Crippen LogP contribution in [0.4, 0.5) is 0 Å². The lowest BCUT2D eigenvalue weighted by Crippen LogP contribution is -2.38. The van der Waals surface area contributed by atoms with Gasteiger partial charge in [-0.05, 0) is 71.4 Å². The second-order valence-electron chi connectivity index (χ2n) is 15.9. The van der Waals surface area contributed by atoms with Gasteiger partial charge in [-0.25, -0.2) is 4.57 Å². The molecule has 236 valence electrons. The Bertz CT molecular complexity index is 2690. The summed E-state index contributed by atoms with van der Waals surface area (Å²) in [5.74, 6) is 0. The molecular weight excluding hydrogens is 619 g/mol. The number of aromatic nitrogens is 1. The van der Waals surface area contributed by atoms with Gasteiger partial charge in [0.2, 0.25) is 0 Å². The van der Waals surface area contributed by atoms with Crippen LogP contribution in [0.5, 0.6) is 0 Å². The SMILES string of the molecule is CCCc1cccc(-c2ccccc2)c1-n1c(=O)c2c3cc([Si](C)(C)C)c4ccc5ccc6c([Si](C)(C)C)cc(c2c1=O)c1c6c5c4c31.